The van der Waals surface area contributed by atoms with Gasteiger partial charge >= 0.3 is 5.97 Å². The van der Waals surface area contributed by atoms with E-state index in [2.05, 4.69) is 10.2 Å². The molecule has 0 aliphatic heterocycles. The average molecular weight is 516 g/mol. The molecule has 8 nitrogen and oxygen atoms in total. The first kappa shape index (κ1) is 24.5. The predicted molar refractivity (Wildman–Crippen MR) is 141 cm³/mol. The first-order valence-corrected chi connectivity index (χ1v) is 12.4. The molecule has 2 heterocycles. The lowest BCUT2D eigenvalue weighted by Gasteiger charge is -2.19. The Bertz CT molecular complexity index is 1550. The SMILES string of the molecule is COC(=O)C(Sc1nnc(-c2ccc(C)o2)n1-c1c(OC)cccc1OC)c1cccc2ccccc12. The number of carbonyl (C=O) groups excluding carboxylic acids is 1. The van der Waals surface area contributed by atoms with Crippen LogP contribution < -0.4 is 9.47 Å². The topological polar surface area (TPSA) is 88.6 Å². The number of benzene rings is 3. The highest BCUT2D eigenvalue weighted by atomic mass is 32.2. The molecule has 0 saturated carbocycles. The zero-order valence-electron chi connectivity index (χ0n) is 20.8. The number of para-hydroxylation sites is 1. The summed E-state index contributed by atoms with van der Waals surface area (Å²) in [6.45, 7) is 1.86. The molecule has 0 fully saturated rings. The molecule has 1 unspecified atom stereocenters. The maximum absolute atomic E-state index is 13.2. The number of hydrogen-bond donors (Lipinski definition) is 0. The number of esters is 1. The number of ether oxygens (including phenoxy) is 3. The molecule has 9 heteroatoms. The van der Waals surface area contributed by atoms with Gasteiger partial charge in [0.25, 0.3) is 0 Å². The minimum absolute atomic E-state index is 0.404. The van der Waals surface area contributed by atoms with Crippen molar-refractivity contribution in [1.29, 1.82) is 0 Å². The largest absolute Gasteiger partial charge is 0.494 e. The summed E-state index contributed by atoms with van der Waals surface area (Å²) in [5.41, 5.74) is 1.40. The third kappa shape index (κ3) is 4.53. The number of nitrogens with zero attached hydrogens (tertiary/aromatic N) is 3. The highest BCUT2D eigenvalue weighted by Gasteiger charge is 2.31. The van der Waals surface area contributed by atoms with Crippen molar-refractivity contribution in [1.82, 2.24) is 14.8 Å². The van der Waals surface area contributed by atoms with Crippen LogP contribution in [0.25, 0.3) is 28.0 Å². The van der Waals surface area contributed by atoms with Gasteiger partial charge in [-0.05, 0) is 47.5 Å². The summed E-state index contributed by atoms with van der Waals surface area (Å²) in [7, 11) is 4.55. The van der Waals surface area contributed by atoms with Crippen molar-refractivity contribution in [3.63, 3.8) is 0 Å². The molecule has 37 heavy (non-hydrogen) atoms. The monoisotopic (exact) mass is 515 g/mol. The van der Waals surface area contributed by atoms with E-state index in [1.807, 2.05) is 79.7 Å². The molecule has 3 aromatic carbocycles. The van der Waals surface area contributed by atoms with Crippen LogP contribution in [-0.4, -0.2) is 42.1 Å². The summed E-state index contributed by atoms with van der Waals surface area (Å²) in [5.74, 6) is 2.38. The second kappa shape index (κ2) is 10.4. The van der Waals surface area contributed by atoms with E-state index in [0.29, 0.717) is 33.9 Å². The Labute approximate surface area is 218 Å². The third-order valence-electron chi connectivity index (χ3n) is 5.96. The van der Waals surface area contributed by atoms with Crippen molar-refractivity contribution >= 4 is 28.5 Å². The van der Waals surface area contributed by atoms with E-state index in [9.17, 15) is 4.79 Å². The number of fused-ring (bicyclic) bond motifs is 1. The second-order valence-corrected chi connectivity index (χ2v) is 9.22. The molecule has 188 valence electrons. The van der Waals surface area contributed by atoms with Crippen molar-refractivity contribution in [2.24, 2.45) is 0 Å². The van der Waals surface area contributed by atoms with Gasteiger partial charge in [-0.25, -0.2) is 0 Å². The van der Waals surface area contributed by atoms with Gasteiger partial charge in [0.15, 0.2) is 10.9 Å². The highest BCUT2D eigenvalue weighted by molar-refractivity contribution is 8.00. The molecule has 0 N–H and O–H groups in total. The molecular formula is C28H25N3O5S. The number of thioether (sulfide) groups is 1. The van der Waals surface area contributed by atoms with E-state index in [0.717, 1.165) is 22.1 Å². The van der Waals surface area contributed by atoms with Crippen LogP contribution in [0.2, 0.25) is 0 Å². The van der Waals surface area contributed by atoms with Crippen LogP contribution in [-0.2, 0) is 9.53 Å². The molecule has 2 aromatic heterocycles. The van der Waals surface area contributed by atoms with Crippen LogP contribution >= 0.6 is 11.8 Å². The number of hydrogen-bond acceptors (Lipinski definition) is 8. The number of rotatable bonds is 8. The zero-order valence-corrected chi connectivity index (χ0v) is 21.6. The molecule has 5 aromatic rings. The lowest BCUT2D eigenvalue weighted by molar-refractivity contribution is -0.140. The molecule has 0 radical (unpaired) electrons. The van der Waals surface area contributed by atoms with Crippen molar-refractivity contribution in [2.45, 2.75) is 17.3 Å². The van der Waals surface area contributed by atoms with Crippen LogP contribution in [0.4, 0.5) is 0 Å². The lowest BCUT2D eigenvalue weighted by Crippen LogP contribution is -2.13. The first-order valence-electron chi connectivity index (χ1n) is 11.5. The van der Waals surface area contributed by atoms with Crippen LogP contribution in [0, 0.1) is 6.92 Å². The molecule has 1 atom stereocenters. The molecular weight excluding hydrogens is 490 g/mol. The zero-order chi connectivity index (χ0) is 25.9. The van der Waals surface area contributed by atoms with Crippen LogP contribution in [0.15, 0.2) is 82.4 Å². The molecule has 0 spiro atoms. The fourth-order valence-electron chi connectivity index (χ4n) is 4.24. The van der Waals surface area contributed by atoms with Gasteiger partial charge < -0.3 is 18.6 Å². The Morgan fingerprint density at radius 3 is 2.27 bits per heavy atom. The summed E-state index contributed by atoms with van der Waals surface area (Å²) in [6, 6.07) is 23.0. The van der Waals surface area contributed by atoms with Gasteiger partial charge in [-0.3, -0.25) is 9.36 Å². The predicted octanol–water partition coefficient (Wildman–Crippen LogP) is 6.01. The van der Waals surface area contributed by atoms with Gasteiger partial charge in [-0.1, -0.05) is 60.3 Å². The normalized spacial score (nSPS) is 11.9. The maximum Gasteiger partial charge on any atom is 0.323 e. The quantitative estimate of drug-likeness (QED) is 0.183. The minimum Gasteiger partial charge on any atom is -0.494 e. The number of aryl methyl sites for hydroxylation is 1. The molecule has 0 saturated heterocycles. The van der Waals surface area contributed by atoms with Gasteiger partial charge in [-0.2, -0.15) is 0 Å². The summed E-state index contributed by atoms with van der Waals surface area (Å²) >= 11 is 1.23. The second-order valence-electron chi connectivity index (χ2n) is 8.15. The van der Waals surface area contributed by atoms with Gasteiger partial charge in [-0.15, -0.1) is 10.2 Å². The summed E-state index contributed by atoms with van der Waals surface area (Å²) in [4.78, 5) is 13.2. The van der Waals surface area contributed by atoms with E-state index in [-0.39, 0.29) is 0 Å². The summed E-state index contributed by atoms with van der Waals surface area (Å²) in [6.07, 6.45) is 0. The Kier molecular flexibility index (Phi) is 6.87. The lowest BCUT2D eigenvalue weighted by atomic mass is 10.0. The van der Waals surface area contributed by atoms with E-state index < -0.39 is 11.2 Å². The van der Waals surface area contributed by atoms with Crippen LogP contribution in [0.3, 0.4) is 0 Å². The molecule has 5 rings (SSSR count). The number of aromatic nitrogens is 3. The van der Waals surface area contributed by atoms with E-state index >= 15 is 0 Å². The first-order chi connectivity index (χ1) is 18.0. The van der Waals surface area contributed by atoms with E-state index in [1.165, 1.54) is 18.9 Å². The van der Waals surface area contributed by atoms with Crippen LogP contribution in [0.5, 0.6) is 11.5 Å². The van der Waals surface area contributed by atoms with Crippen molar-refractivity contribution < 1.29 is 23.4 Å². The standard InChI is InChI=1S/C28H25N3O5S/c1-17-15-16-23(36-17)26-29-30-28(31(26)24-21(33-2)13-8-14-22(24)34-3)37-25(27(32)35-4)20-12-7-10-18-9-5-6-11-19(18)20/h5-16,25H,1-4H3. The fourth-order valence-corrected chi connectivity index (χ4v) is 5.35. The van der Waals surface area contributed by atoms with Gasteiger partial charge in [0.05, 0.1) is 21.3 Å². The maximum atomic E-state index is 13.2. The smallest absolute Gasteiger partial charge is 0.323 e. The van der Waals surface area contributed by atoms with E-state index in [1.54, 1.807) is 18.8 Å². The van der Waals surface area contributed by atoms with Crippen molar-refractivity contribution in [2.75, 3.05) is 21.3 Å². The van der Waals surface area contributed by atoms with Gasteiger partial charge in [0.1, 0.15) is 28.2 Å². The Morgan fingerprint density at radius 1 is 0.892 bits per heavy atom. The number of carbonyl (C=O) groups is 1. The van der Waals surface area contributed by atoms with E-state index in [4.69, 9.17) is 18.6 Å². The average Bonchev–Trinajstić information content (AvgIpc) is 3.56. The van der Waals surface area contributed by atoms with Gasteiger partial charge in [0.2, 0.25) is 5.82 Å². The summed E-state index contributed by atoms with van der Waals surface area (Å²) < 4.78 is 24.3. The summed E-state index contributed by atoms with van der Waals surface area (Å²) in [5, 5.41) is 10.6. The fraction of sp³-hybridized carbons (Fsp3) is 0.179. The Balaban J connectivity index is 1.72. The number of methoxy groups -OCH3 is 3. The van der Waals surface area contributed by atoms with Crippen molar-refractivity contribution in [3.05, 3.63) is 84.1 Å². The molecule has 0 aliphatic rings. The highest BCUT2D eigenvalue weighted by Crippen LogP contribution is 2.43. The Hall–Kier alpha value is -4.24. The van der Waals surface area contributed by atoms with Crippen LogP contribution in [0.1, 0.15) is 16.6 Å². The minimum atomic E-state index is -0.717. The number of furan rings is 1. The molecule has 0 bridgehead atoms. The molecule has 0 amide bonds. The molecule has 0 aliphatic carbocycles. The third-order valence-corrected chi connectivity index (χ3v) is 7.12. The Morgan fingerprint density at radius 2 is 1.59 bits per heavy atom. The van der Waals surface area contributed by atoms with Gasteiger partial charge in [0, 0.05) is 0 Å². The van der Waals surface area contributed by atoms with Crippen molar-refractivity contribution in [3.8, 4) is 28.8 Å².